The zero-order valence-corrected chi connectivity index (χ0v) is 13.1. The van der Waals surface area contributed by atoms with Crippen LogP contribution in [0.3, 0.4) is 0 Å². The fourth-order valence-electron chi connectivity index (χ4n) is 2.56. The van der Waals surface area contributed by atoms with E-state index in [1.165, 1.54) is 16.3 Å². The number of nitrogens with two attached hydrogens (primary N) is 1. The maximum Gasteiger partial charge on any atom is 0.0939 e. The second-order valence-corrected chi connectivity index (χ2v) is 6.27. The maximum atomic E-state index is 6.42. The lowest BCUT2D eigenvalue weighted by molar-refractivity contribution is 0.691. The second-order valence-electron chi connectivity index (χ2n) is 5.23. The van der Waals surface area contributed by atoms with E-state index in [0.717, 1.165) is 16.5 Å². The van der Waals surface area contributed by atoms with Crippen molar-refractivity contribution in [1.29, 1.82) is 0 Å². The summed E-state index contributed by atoms with van der Waals surface area (Å²) < 4.78 is 1.91. The van der Waals surface area contributed by atoms with Crippen LogP contribution in [0, 0.1) is 6.92 Å². The van der Waals surface area contributed by atoms with Crippen molar-refractivity contribution in [3.63, 3.8) is 0 Å². The van der Waals surface area contributed by atoms with Gasteiger partial charge in [0.2, 0.25) is 0 Å². The van der Waals surface area contributed by atoms with Gasteiger partial charge in [0.05, 0.1) is 10.7 Å². The Labute approximate surface area is 129 Å². The molecule has 0 saturated heterocycles. The van der Waals surface area contributed by atoms with Gasteiger partial charge in [-0.15, -0.1) is 11.8 Å². The summed E-state index contributed by atoms with van der Waals surface area (Å²) in [4.78, 5) is 0. The maximum absolute atomic E-state index is 6.42. The average molecular weight is 297 g/mol. The summed E-state index contributed by atoms with van der Waals surface area (Å²) in [7, 11) is 1.97. The van der Waals surface area contributed by atoms with Crippen LogP contribution in [0.2, 0.25) is 0 Å². The summed E-state index contributed by atoms with van der Waals surface area (Å²) >= 11 is 1.75. The standard InChI is InChI=1S/C17H19N3S/c1-12-10-17(20(2)19-12)21-11-16(18)15-9-5-7-13-6-3-4-8-14(13)15/h3-10,16H,11,18H2,1-2H3. The van der Waals surface area contributed by atoms with Crippen LogP contribution in [0.15, 0.2) is 53.6 Å². The molecular formula is C17H19N3S. The van der Waals surface area contributed by atoms with E-state index in [-0.39, 0.29) is 6.04 Å². The molecule has 0 aliphatic carbocycles. The van der Waals surface area contributed by atoms with E-state index in [4.69, 9.17) is 5.73 Å². The molecule has 0 fully saturated rings. The number of hydrogen-bond acceptors (Lipinski definition) is 3. The molecule has 21 heavy (non-hydrogen) atoms. The lowest BCUT2D eigenvalue weighted by atomic mass is 10.0. The molecule has 0 radical (unpaired) electrons. The van der Waals surface area contributed by atoms with E-state index < -0.39 is 0 Å². The molecule has 0 aliphatic rings. The summed E-state index contributed by atoms with van der Waals surface area (Å²) in [5.74, 6) is 0.840. The summed E-state index contributed by atoms with van der Waals surface area (Å²) in [6.07, 6.45) is 0. The number of thioether (sulfide) groups is 1. The highest BCUT2D eigenvalue weighted by atomic mass is 32.2. The molecule has 3 aromatic rings. The Morgan fingerprint density at radius 3 is 2.71 bits per heavy atom. The van der Waals surface area contributed by atoms with Crippen molar-refractivity contribution < 1.29 is 0 Å². The Kier molecular flexibility index (Phi) is 3.99. The first-order valence-electron chi connectivity index (χ1n) is 7.02. The molecule has 0 amide bonds. The first-order chi connectivity index (χ1) is 10.1. The highest BCUT2D eigenvalue weighted by Crippen LogP contribution is 2.28. The third-order valence-electron chi connectivity index (χ3n) is 3.59. The molecule has 1 aromatic heterocycles. The SMILES string of the molecule is Cc1cc(SCC(N)c2cccc3ccccc23)n(C)n1. The van der Waals surface area contributed by atoms with Gasteiger partial charge in [-0.1, -0.05) is 42.5 Å². The lowest BCUT2D eigenvalue weighted by Gasteiger charge is -2.14. The van der Waals surface area contributed by atoms with Gasteiger partial charge >= 0.3 is 0 Å². The van der Waals surface area contributed by atoms with Crippen molar-refractivity contribution in [2.75, 3.05) is 5.75 Å². The minimum Gasteiger partial charge on any atom is -0.323 e. The van der Waals surface area contributed by atoms with Crippen LogP contribution in [-0.2, 0) is 7.05 Å². The number of hydrogen-bond donors (Lipinski definition) is 1. The number of benzene rings is 2. The number of aromatic nitrogens is 2. The molecule has 2 aromatic carbocycles. The van der Waals surface area contributed by atoms with E-state index in [0.29, 0.717) is 0 Å². The van der Waals surface area contributed by atoms with Crippen molar-refractivity contribution in [3.05, 3.63) is 59.8 Å². The Hall–Kier alpha value is -1.78. The summed E-state index contributed by atoms with van der Waals surface area (Å²) in [6, 6.07) is 16.8. The normalized spacial score (nSPS) is 12.7. The number of aryl methyl sites for hydroxylation is 2. The first kappa shape index (κ1) is 14.2. The monoisotopic (exact) mass is 297 g/mol. The molecule has 4 heteroatoms. The van der Waals surface area contributed by atoms with E-state index in [2.05, 4.69) is 53.6 Å². The van der Waals surface area contributed by atoms with Crippen LogP contribution in [0.5, 0.6) is 0 Å². The van der Waals surface area contributed by atoms with Gasteiger partial charge in [0.25, 0.3) is 0 Å². The molecule has 0 bridgehead atoms. The summed E-state index contributed by atoms with van der Waals surface area (Å²) in [6.45, 7) is 2.01. The largest absolute Gasteiger partial charge is 0.323 e. The highest BCUT2D eigenvalue weighted by molar-refractivity contribution is 7.99. The molecule has 3 nitrogen and oxygen atoms in total. The van der Waals surface area contributed by atoms with Gasteiger partial charge in [-0.2, -0.15) is 5.10 Å². The molecule has 1 unspecified atom stereocenters. The first-order valence-corrected chi connectivity index (χ1v) is 8.00. The zero-order chi connectivity index (χ0) is 14.8. The van der Waals surface area contributed by atoms with Gasteiger partial charge in [-0.05, 0) is 29.3 Å². The van der Waals surface area contributed by atoms with Crippen molar-refractivity contribution in [3.8, 4) is 0 Å². The van der Waals surface area contributed by atoms with Crippen molar-refractivity contribution in [2.24, 2.45) is 12.8 Å². The summed E-state index contributed by atoms with van der Waals surface area (Å²) in [5, 5.41) is 8.01. The molecule has 0 spiro atoms. The highest BCUT2D eigenvalue weighted by Gasteiger charge is 2.11. The quantitative estimate of drug-likeness (QED) is 0.747. The molecule has 2 N–H and O–H groups in total. The fourth-order valence-corrected chi connectivity index (χ4v) is 3.57. The average Bonchev–Trinajstić information content (AvgIpc) is 2.82. The van der Waals surface area contributed by atoms with Crippen LogP contribution in [0.4, 0.5) is 0 Å². The minimum atomic E-state index is 0.0105. The molecule has 0 saturated carbocycles. The topological polar surface area (TPSA) is 43.8 Å². The van der Waals surface area contributed by atoms with Crippen LogP contribution < -0.4 is 5.73 Å². The van der Waals surface area contributed by atoms with Crippen molar-refractivity contribution in [1.82, 2.24) is 9.78 Å². The third kappa shape index (κ3) is 2.96. The molecule has 3 rings (SSSR count). The Balaban J connectivity index is 1.81. The predicted molar refractivity (Wildman–Crippen MR) is 89.5 cm³/mol. The predicted octanol–water partition coefficient (Wildman–Crippen LogP) is 3.67. The Bertz CT molecular complexity index is 758. The van der Waals surface area contributed by atoms with E-state index >= 15 is 0 Å². The number of rotatable bonds is 4. The van der Waals surface area contributed by atoms with E-state index in [9.17, 15) is 0 Å². The van der Waals surface area contributed by atoms with Gasteiger partial charge in [0.15, 0.2) is 0 Å². The molecule has 108 valence electrons. The minimum absolute atomic E-state index is 0.0105. The van der Waals surface area contributed by atoms with Gasteiger partial charge < -0.3 is 5.73 Å². The summed E-state index contributed by atoms with van der Waals surface area (Å²) in [5.41, 5.74) is 8.66. The van der Waals surface area contributed by atoms with Crippen LogP contribution in [0.1, 0.15) is 17.3 Å². The van der Waals surface area contributed by atoms with E-state index in [1.807, 2.05) is 18.7 Å². The van der Waals surface area contributed by atoms with Gasteiger partial charge in [-0.25, -0.2) is 0 Å². The van der Waals surface area contributed by atoms with Gasteiger partial charge in [0, 0.05) is 18.8 Å². The fraction of sp³-hybridized carbons (Fsp3) is 0.235. The van der Waals surface area contributed by atoms with Gasteiger partial charge in [0.1, 0.15) is 0 Å². The van der Waals surface area contributed by atoms with Crippen LogP contribution in [-0.4, -0.2) is 15.5 Å². The number of nitrogens with zero attached hydrogens (tertiary/aromatic N) is 2. The zero-order valence-electron chi connectivity index (χ0n) is 12.3. The van der Waals surface area contributed by atoms with Crippen molar-refractivity contribution in [2.45, 2.75) is 18.0 Å². The molecule has 1 heterocycles. The van der Waals surface area contributed by atoms with Crippen molar-refractivity contribution >= 4 is 22.5 Å². The Morgan fingerprint density at radius 1 is 1.19 bits per heavy atom. The van der Waals surface area contributed by atoms with Gasteiger partial charge in [-0.3, -0.25) is 4.68 Å². The second kappa shape index (κ2) is 5.92. The van der Waals surface area contributed by atoms with Crippen LogP contribution in [0.25, 0.3) is 10.8 Å². The third-order valence-corrected chi connectivity index (χ3v) is 4.80. The van der Waals surface area contributed by atoms with E-state index in [1.54, 1.807) is 11.8 Å². The lowest BCUT2D eigenvalue weighted by Crippen LogP contribution is -2.13. The molecule has 0 aliphatic heterocycles. The smallest absolute Gasteiger partial charge is 0.0939 e. The molecule has 1 atom stereocenters. The number of fused-ring (bicyclic) bond motifs is 1. The molecular weight excluding hydrogens is 278 g/mol. The van der Waals surface area contributed by atoms with Crippen LogP contribution >= 0.6 is 11.8 Å². The Morgan fingerprint density at radius 2 is 1.95 bits per heavy atom.